The minimum absolute atomic E-state index is 0.181. The Morgan fingerprint density at radius 2 is 2.21 bits per heavy atom. The molecule has 0 N–H and O–H groups in total. The highest BCUT2D eigenvalue weighted by Gasteiger charge is 2.29. The number of carbonyl (C=O) groups excluding carboxylic acids is 1. The Morgan fingerprint density at radius 3 is 2.95 bits per heavy atom. The van der Waals surface area contributed by atoms with Gasteiger partial charge in [0.2, 0.25) is 5.16 Å². The molecule has 1 aliphatic heterocycles. The normalized spacial score (nSPS) is 18.5. The fourth-order valence-electron chi connectivity index (χ4n) is 1.85. The second-order valence-corrected chi connectivity index (χ2v) is 5.34. The van der Waals surface area contributed by atoms with Gasteiger partial charge in [0, 0.05) is 6.42 Å². The lowest BCUT2D eigenvalue weighted by molar-refractivity contribution is -0.137. The van der Waals surface area contributed by atoms with Crippen LogP contribution in [-0.2, 0) is 16.1 Å². The van der Waals surface area contributed by atoms with Crippen LogP contribution in [0.3, 0.4) is 0 Å². The fourth-order valence-corrected chi connectivity index (χ4v) is 2.79. The Balaban J connectivity index is 1.73. The summed E-state index contributed by atoms with van der Waals surface area (Å²) in [5, 5.41) is 12.1. The van der Waals surface area contributed by atoms with E-state index in [0.717, 1.165) is 5.56 Å². The number of rotatable bonds is 4. The number of hydrogen-bond acceptors (Lipinski definition) is 6. The molecule has 7 heteroatoms. The van der Waals surface area contributed by atoms with E-state index in [4.69, 9.17) is 4.74 Å². The zero-order valence-corrected chi connectivity index (χ0v) is 10.9. The van der Waals surface area contributed by atoms with Crippen molar-refractivity contribution in [1.82, 2.24) is 20.2 Å². The maximum Gasteiger partial charge on any atom is 0.319 e. The molecule has 98 valence electrons. The van der Waals surface area contributed by atoms with E-state index in [1.54, 1.807) is 4.68 Å². The van der Waals surface area contributed by atoms with Gasteiger partial charge in [0.05, 0.1) is 13.2 Å². The van der Waals surface area contributed by atoms with Crippen LogP contribution in [0.25, 0.3) is 0 Å². The Labute approximate surface area is 114 Å². The topological polar surface area (TPSA) is 69.9 Å². The monoisotopic (exact) mass is 276 g/mol. The highest BCUT2D eigenvalue weighted by atomic mass is 32.2. The van der Waals surface area contributed by atoms with Crippen LogP contribution in [0, 0.1) is 0 Å². The van der Waals surface area contributed by atoms with Crippen LogP contribution in [0.5, 0.6) is 0 Å². The molecule has 1 atom stereocenters. The minimum Gasteiger partial charge on any atom is -0.465 e. The van der Waals surface area contributed by atoms with Crippen LogP contribution in [0.1, 0.15) is 12.0 Å². The van der Waals surface area contributed by atoms with E-state index in [2.05, 4.69) is 15.5 Å². The van der Waals surface area contributed by atoms with E-state index in [1.807, 2.05) is 30.3 Å². The molecule has 0 radical (unpaired) electrons. The Hall–Kier alpha value is -1.89. The molecule has 2 heterocycles. The highest BCUT2D eigenvalue weighted by molar-refractivity contribution is 8.00. The quantitative estimate of drug-likeness (QED) is 0.780. The first-order valence-electron chi connectivity index (χ1n) is 5.96. The van der Waals surface area contributed by atoms with Gasteiger partial charge in [-0.1, -0.05) is 42.1 Å². The van der Waals surface area contributed by atoms with Gasteiger partial charge in [0.25, 0.3) is 0 Å². The van der Waals surface area contributed by atoms with Crippen LogP contribution >= 0.6 is 11.8 Å². The van der Waals surface area contributed by atoms with Gasteiger partial charge in [-0.3, -0.25) is 4.79 Å². The smallest absolute Gasteiger partial charge is 0.319 e. The molecule has 0 saturated carbocycles. The Morgan fingerprint density at radius 1 is 1.37 bits per heavy atom. The summed E-state index contributed by atoms with van der Waals surface area (Å²) in [6.45, 7) is 1.08. The molecule has 3 rings (SSSR count). The first kappa shape index (κ1) is 12.2. The summed E-state index contributed by atoms with van der Waals surface area (Å²) in [5.74, 6) is -0.181. The number of aromatic nitrogens is 4. The van der Waals surface area contributed by atoms with Crippen LogP contribution in [-0.4, -0.2) is 38.0 Å². The number of nitrogens with zero attached hydrogens (tertiary/aromatic N) is 4. The number of ether oxygens (including phenoxy) is 1. The maximum absolute atomic E-state index is 11.4. The van der Waals surface area contributed by atoms with Crippen LogP contribution in [0.2, 0.25) is 0 Å². The van der Waals surface area contributed by atoms with E-state index < -0.39 is 0 Å². The standard InChI is InChI=1S/C12H12N4O2S/c17-11-10(6-7-18-11)19-12-13-14-15-16(12)8-9-4-2-1-3-5-9/h1-5,10H,6-8H2/t10-/m1/s1. The predicted octanol–water partition coefficient (Wildman–Crippen LogP) is 1.13. The first-order chi connectivity index (χ1) is 9.33. The number of thioether (sulfide) groups is 1. The van der Waals surface area contributed by atoms with E-state index >= 15 is 0 Å². The van der Waals surface area contributed by atoms with Crippen molar-refractivity contribution in [2.45, 2.75) is 23.4 Å². The maximum atomic E-state index is 11.4. The van der Waals surface area contributed by atoms with Gasteiger partial charge in [0.1, 0.15) is 5.25 Å². The third-order valence-electron chi connectivity index (χ3n) is 2.81. The fraction of sp³-hybridized carbons (Fsp3) is 0.333. The molecule has 1 saturated heterocycles. The average Bonchev–Trinajstić information content (AvgIpc) is 3.02. The predicted molar refractivity (Wildman–Crippen MR) is 68.6 cm³/mol. The lowest BCUT2D eigenvalue weighted by atomic mass is 10.2. The molecular weight excluding hydrogens is 264 g/mol. The zero-order chi connectivity index (χ0) is 13.1. The van der Waals surface area contributed by atoms with Crippen LogP contribution < -0.4 is 0 Å². The summed E-state index contributed by atoms with van der Waals surface area (Å²) < 4.78 is 6.63. The molecule has 6 nitrogen and oxygen atoms in total. The van der Waals surface area contributed by atoms with E-state index in [9.17, 15) is 4.79 Å². The number of benzene rings is 1. The van der Waals surface area contributed by atoms with Crippen molar-refractivity contribution in [3.05, 3.63) is 35.9 Å². The van der Waals surface area contributed by atoms with Gasteiger partial charge in [-0.2, -0.15) is 0 Å². The summed E-state index contributed by atoms with van der Waals surface area (Å²) in [6, 6.07) is 9.94. The first-order valence-corrected chi connectivity index (χ1v) is 6.84. The van der Waals surface area contributed by atoms with Crippen LogP contribution in [0.4, 0.5) is 0 Å². The van der Waals surface area contributed by atoms with Crippen molar-refractivity contribution < 1.29 is 9.53 Å². The van der Waals surface area contributed by atoms with Gasteiger partial charge < -0.3 is 4.74 Å². The minimum atomic E-state index is -0.194. The summed E-state index contributed by atoms with van der Waals surface area (Å²) in [5.41, 5.74) is 1.12. The van der Waals surface area contributed by atoms with E-state index in [-0.39, 0.29) is 11.2 Å². The Kier molecular flexibility index (Phi) is 3.45. The summed E-state index contributed by atoms with van der Waals surface area (Å²) in [7, 11) is 0. The molecule has 0 amide bonds. The summed E-state index contributed by atoms with van der Waals surface area (Å²) in [6.07, 6.45) is 0.710. The van der Waals surface area contributed by atoms with E-state index in [0.29, 0.717) is 24.7 Å². The number of hydrogen-bond donors (Lipinski definition) is 0. The number of tetrazole rings is 1. The molecule has 1 aliphatic rings. The molecule has 0 unspecified atom stereocenters. The molecule has 0 spiro atoms. The largest absolute Gasteiger partial charge is 0.465 e. The van der Waals surface area contributed by atoms with Crippen molar-refractivity contribution in [2.24, 2.45) is 0 Å². The molecule has 1 aromatic carbocycles. The third kappa shape index (κ3) is 2.76. The second kappa shape index (κ2) is 5.40. The van der Waals surface area contributed by atoms with Gasteiger partial charge >= 0.3 is 5.97 Å². The molecule has 1 aromatic heterocycles. The van der Waals surface area contributed by atoms with Gasteiger partial charge in [0.15, 0.2) is 0 Å². The van der Waals surface area contributed by atoms with Crippen molar-refractivity contribution >= 4 is 17.7 Å². The Bertz CT molecular complexity index is 572. The van der Waals surface area contributed by atoms with E-state index in [1.165, 1.54) is 11.8 Å². The molecule has 0 aliphatic carbocycles. The average molecular weight is 276 g/mol. The molecule has 19 heavy (non-hydrogen) atoms. The second-order valence-electron chi connectivity index (χ2n) is 4.17. The molecule has 2 aromatic rings. The van der Waals surface area contributed by atoms with Gasteiger partial charge in [-0.25, -0.2) is 4.68 Å². The van der Waals surface area contributed by atoms with Crippen molar-refractivity contribution in [1.29, 1.82) is 0 Å². The molecule has 0 bridgehead atoms. The van der Waals surface area contributed by atoms with Crippen molar-refractivity contribution in [3.8, 4) is 0 Å². The van der Waals surface area contributed by atoms with Crippen molar-refractivity contribution in [2.75, 3.05) is 6.61 Å². The number of carbonyl (C=O) groups is 1. The lowest BCUT2D eigenvalue weighted by Crippen LogP contribution is -2.12. The summed E-state index contributed by atoms with van der Waals surface area (Å²) >= 11 is 1.36. The van der Waals surface area contributed by atoms with Crippen molar-refractivity contribution in [3.63, 3.8) is 0 Å². The third-order valence-corrected chi connectivity index (χ3v) is 4.03. The van der Waals surface area contributed by atoms with Gasteiger partial charge in [-0.15, -0.1) is 5.10 Å². The molecular formula is C12H12N4O2S. The molecule has 1 fully saturated rings. The number of cyclic esters (lactones) is 1. The van der Waals surface area contributed by atoms with Crippen LogP contribution in [0.15, 0.2) is 35.5 Å². The highest BCUT2D eigenvalue weighted by Crippen LogP contribution is 2.27. The lowest BCUT2D eigenvalue weighted by Gasteiger charge is -2.06. The summed E-state index contributed by atoms with van der Waals surface area (Å²) in [4.78, 5) is 11.4. The zero-order valence-electron chi connectivity index (χ0n) is 10.1. The number of esters is 1. The SMILES string of the molecule is O=C1OCC[C@H]1Sc1nnnn1Cc1ccccc1. The van der Waals surface area contributed by atoms with Gasteiger partial charge in [-0.05, 0) is 16.0 Å².